The molecule has 0 fully saturated rings. The number of halogens is 2. The van der Waals surface area contributed by atoms with Crippen molar-refractivity contribution in [2.75, 3.05) is 12.9 Å². The van der Waals surface area contributed by atoms with Crippen LogP contribution < -0.4 is 5.43 Å². The Bertz CT molecular complexity index is 407. The Balaban J connectivity index is 2.80. The van der Waals surface area contributed by atoms with Crippen LogP contribution in [0, 0.1) is 0 Å². The lowest BCUT2D eigenvalue weighted by Gasteiger charge is -2.21. The lowest BCUT2D eigenvalue weighted by Crippen LogP contribution is -2.37. The molecule has 1 aliphatic rings. The minimum atomic E-state index is -4.28. The maximum absolute atomic E-state index is 12.6. The molecular formula is C5H8F2N4O3S. The largest absolute Gasteiger partial charge is 0.342 e. The molecule has 0 aromatic carbocycles. The summed E-state index contributed by atoms with van der Waals surface area (Å²) in [6, 6.07) is 0. The highest BCUT2D eigenvalue weighted by molar-refractivity contribution is 7.85. The van der Waals surface area contributed by atoms with Gasteiger partial charge in [-0.2, -0.15) is 12.8 Å². The Labute approximate surface area is 84.3 Å². The summed E-state index contributed by atoms with van der Waals surface area (Å²) in [5.74, 6) is -2.14. The molecule has 0 unspecified atom stereocenters. The summed E-state index contributed by atoms with van der Waals surface area (Å²) in [4.78, 5) is 0.863. The molecule has 2 N–H and O–H groups in total. The summed E-state index contributed by atoms with van der Waals surface area (Å²) in [7, 11) is -3.07. The average Bonchev–Trinajstić information content (AvgIpc) is 1.98. The predicted octanol–water partition coefficient (Wildman–Crippen LogP) is -0.407. The van der Waals surface area contributed by atoms with E-state index >= 15 is 0 Å². The molecule has 0 saturated carbocycles. The molecule has 1 rings (SSSR count). The topological polar surface area (TPSA) is 85.2 Å². The fraction of sp³-hybridized carbons (Fsp3) is 0.400. The fourth-order valence-electron chi connectivity index (χ4n) is 0.875. The van der Waals surface area contributed by atoms with Gasteiger partial charge in [0, 0.05) is 13.1 Å². The first-order valence-electron chi connectivity index (χ1n) is 3.62. The van der Waals surface area contributed by atoms with Gasteiger partial charge in [-0.3, -0.25) is 4.55 Å². The molecule has 0 atom stereocenters. The normalized spacial score (nSPS) is 16.7. The number of hydrogen-bond donors (Lipinski definition) is 2. The van der Waals surface area contributed by atoms with E-state index in [0.29, 0.717) is 0 Å². The first kappa shape index (κ1) is 11.7. The first-order valence-corrected chi connectivity index (χ1v) is 5.23. The summed E-state index contributed by atoms with van der Waals surface area (Å²) < 4.78 is 54.5. The highest BCUT2D eigenvalue weighted by Gasteiger charge is 2.18. The third-order valence-electron chi connectivity index (χ3n) is 1.39. The zero-order valence-corrected chi connectivity index (χ0v) is 8.37. The van der Waals surface area contributed by atoms with Crippen LogP contribution in [0.1, 0.15) is 0 Å². The standard InChI is InChI=1S/C5H8F2N4O3S/c1-10(3-15(12,13)14)5-2-4(6)8-11(7)9-5/h2,8H,3H2,1H3,(H,12,13,14). The first-order chi connectivity index (χ1) is 6.78. The average molecular weight is 242 g/mol. The van der Waals surface area contributed by atoms with Gasteiger partial charge in [0.25, 0.3) is 10.1 Å². The molecule has 0 aliphatic carbocycles. The van der Waals surface area contributed by atoms with Gasteiger partial charge in [0.15, 0.2) is 5.84 Å². The van der Waals surface area contributed by atoms with E-state index in [1.165, 1.54) is 7.05 Å². The van der Waals surface area contributed by atoms with Crippen molar-refractivity contribution in [2.45, 2.75) is 0 Å². The number of hydrogen-bond acceptors (Lipinski definition) is 6. The van der Waals surface area contributed by atoms with Crippen LogP contribution in [0.2, 0.25) is 0 Å². The van der Waals surface area contributed by atoms with Crippen molar-refractivity contribution in [1.82, 2.24) is 15.7 Å². The van der Waals surface area contributed by atoms with Gasteiger partial charge in [-0.25, -0.2) is 5.43 Å². The molecule has 0 amide bonds. The predicted molar refractivity (Wildman–Crippen MR) is 46.9 cm³/mol. The lowest BCUT2D eigenvalue weighted by atomic mass is 10.5. The van der Waals surface area contributed by atoms with Crippen LogP contribution in [0.4, 0.5) is 8.87 Å². The zero-order valence-electron chi connectivity index (χ0n) is 7.55. The summed E-state index contributed by atoms with van der Waals surface area (Å²) in [6.45, 7) is 0. The van der Waals surface area contributed by atoms with Gasteiger partial charge in [0.1, 0.15) is 5.88 Å². The number of likely N-dealkylation sites (N-methyl/N-ethyl adjacent to an activating group) is 1. The molecule has 0 aromatic heterocycles. The molecule has 1 heterocycles. The minimum Gasteiger partial charge on any atom is -0.342 e. The van der Waals surface area contributed by atoms with Gasteiger partial charge >= 0.3 is 0 Å². The van der Waals surface area contributed by atoms with E-state index in [1.807, 2.05) is 0 Å². The quantitative estimate of drug-likeness (QED) is 0.389. The Kier molecular flexibility index (Phi) is 3.09. The molecule has 0 radical (unpaired) electrons. The van der Waals surface area contributed by atoms with Gasteiger partial charge in [-0.05, 0) is 5.34 Å². The molecule has 0 spiro atoms. The zero-order chi connectivity index (χ0) is 11.6. The lowest BCUT2D eigenvalue weighted by molar-refractivity contribution is -0.0290. The Morgan fingerprint density at radius 2 is 2.33 bits per heavy atom. The molecular weight excluding hydrogens is 234 g/mol. The molecule has 0 saturated heterocycles. The summed E-state index contributed by atoms with van der Waals surface area (Å²) in [6.07, 6.45) is 0.779. The van der Waals surface area contributed by atoms with Crippen molar-refractivity contribution in [3.63, 3.8) is 0 Å². The summed E-state index contributed by atoms with van der Waals surface area (Å²) in [5.41, 5.74) is 1.56. The Hall–Kier alpha value is -1.42. The minimum absolute atomic E-state index is 0.286. The fourth-order valence-corrected chi connectivity index (χ4v) is 1.50. The van der Waals surface area contributed by atoms with Crippen molar-refractivity contribution >= 4 is 16.0 Å². The molecule has 0 bridgehead atoms. The molecule has 15 heavy (non-hydrogen) atoms. The molecule has 0 aromatic rings. The summed E-state index contributed by atoms with van der Waals surface area (Å²) >= 11 is 0. The number of amidine groups is 1. The van der Waals surface area contributed by atoms with E-state index in [4.69, 9.17) is 4.55 Å². The summed E-state index contributed by atoms with van der Waals surface area (Å²) in [5, 5.41) is 2.71. The Morgan fingerprint density at radius 3 is 2.80 bits per heavy atom. The highest BCUT2D eigenvalue weighted by atomic mass is 32.2. The second kappa shape index (κ2) is 3.98. The van der Waals surface area contributed by atoms with Crippen LogP contribution in [0.5, 0.6) is 0 Å². The van der Waals surface area contributed by atoms with Crippen molar-refractivity contribution in [3.05, 3.63) is 12.0 Å². The van der Waals surface area contributed by atoms with Crippen LogP contribution in [0.25, 0.3) is 0 Å². The highest BCUT2D eigenvalue weighted by Crippen LogP contribution is 2.06. The maximum Gasteiger partial charge on any atom is 0.283 e. The van der Waals surface area contributed by atoms with Crippen molar-refractivity contribution in [1.29, 1.82) is 0 Å². The van der Waals surface area contributed by atoms with Crippen LogP contribution in [-0.2, 0) is 10.1 Å². The second-order valence-corrected chi connectivity index (χ2v) is 4.15. The van der Waals surface area contributed by atoms with E-state index in [0.717, 1.165) is 11.0 Å². The number of nitrogens with zero attached hydrogens (tertiary/aromatic N) is 3. The Morgan fingerprint density at radius 1 is 1.73 bits per heavy atom. The monoisotopic (exact) mass is 242 g/mol. The number of hydrazine groups is 1. The number of hydrazone groups is 1. The van der Waals surface area contributed by atoms with Crippen LogP contribution in [-0.4, -0.2) is 42.0 Å². The van der Waals surface area contributed by atoms with Gasteiger partial charge in [-0.1, -0.05) is 4.48 Å². The molecule has 10 heteroatoms. The maximum atomic E-state index is 12.6. The van der Waals surface area contributed by atoms with Crippen LogP contribution >= 0.6 is 0 Å². The van der Waals surface area contributed by atoms with Gasteiger partial charge in [-0.15, -0.1) is 5.10 Å². The smallest absolute Gasteiger partial charge is 0.283 e. The van der Waals surface area contributed by atoms with E-state index in [-0.39, 0.29) is 5.84 Å². The third kappa shape index (κ3) is 3.67. The van der Waals surface area contributed by atoms with Gasteiger partial charge in [0.05, 0.1) is 0 Å². The van der Waals surface area contributed by atoms with Gasteiger partial charge in [0.2, 0.25) is 5.95 Å². The van der Waals surface area contributed by atoms with Crippen molar-refractivity contribution in [2.24, 2.45) is 5.10 Å². The third-order valence-corrected chi connectivity index (χ3v) is 2.11. The van der Waals surface area contributed by atoms with Crippen molar-refractivity contribution < 1.29 is 21.8 Å². The molecule has 1 aliphatic heterocycles. The van der Waals surface area contributed by atoms with Gasteiger partial charge < -0.3 is 4.90 Å². The number of nitrogens with one attached hydrogen (secondary N) is 1. The van der Waals surface area contributed by atoms with E-state index in [2.05, 4.69) is 5.10 Å². The molecule has 7 nitrogen and oxygen atoms in total. The molecule has 86 valence electrons. The van der Waals surface area contributed by atoms with Crippen LogP contribution in [0.3, 0.4) is 0 Å². The second-order valence-electron chi connectivity index (χ2n) is 2.73. The van der Waals surface area contributed by atoms with E-state index < -0.39 is 27.3 Å². The van der Waals surface area contributed by atoms with E-state index in [1.54, 1.807) is 5.43 Å². The van der Waals surface area contributed by atoms with Crippen molar-refractivity contribution in [3.8, 4) is 0 Å². The van der Waals surface area contributed by atoms with Crippen LogP contribution in [0.15, 0.2) is 17.1 Å². The van der Waals surface area contributed by atoms with E-state index in [9.17, 15) is 17.3 Å². The SMILES string of the molecule is CN(CS(=O)(=O)O)C1=NN(F)NC(F)=C1. The number of rotatable bonds is 2.